The molecule has 2 heterocycles. The molecular weight excluding hydrogens is 278 g/mol. The highest BCUT2D eigenvalue weighted by Crippen LogP contribution is 2.25. The third kappa shape index (κ3) is 5.73. The Morgan fingerprint density at radius 3 is 2.95 bits per heavy atom. The summed E-state index contributed by atoms with van der Waals surface area (Å²) in [7, 11) is 0. The minimum absolute atomic E-state index is 0.283. The normalized spacial score (nSPS) is 19.0. The van der Waals surface area contributed by atoms with Crippen LogP contribution in [0.2, 0.25) is 0 Å². The maximum absolute atomic E-state index is 10.9. The second-order valence-electron chi connectivity index (χ2n) is 6.09. The first-order valence-electron chi connectivity index (χ1n) is 8.36. The summed E-state index contributed by atoms with van der Waals surface area (Å²) in [4.78, 5) is 17.9. The summed E-state index contributed by atoms with van der Waals surface area (Å²) < 4.78 is 0. The summed E-state index contributed by atoms with van der Waals surface area (Å²) in [5.41, 5.74) is 2.90. The highest BCUT2D eigenvalue weighted by Gasteiger charge is 2.21. The molecule has 2 N–H and O–H groups in total. The number of likely N-dealkylation sites (tertiary alicyclic amines) is 1. The number of carbonyl (C=O) groups excluding carboxylic acids is 1. The van der Waals surface area contributed by atoms with Crippen molar-refractivity contribution in [3.05, 3.63) is 30.1 Å². The summed E-state index contributed by atoms with van der Waals surface area (Å²) in [6.07, 6.45) is 9.01. The lowest BCUT2D eigenvalue weighted by atomic mass is 9.94. The number of nitrogens with zero attached hydrogens (tertiary/aromatic N) is 2. The van der Waals surface area contributed by atoms with Gasteiger partial charge in [0, 0.05) is 30.8 Å². The van der Waals surface area contributed by atoms with Crippen LogP contribution in [0.15, 0.2) is 24.4 Å². The van der Waals surface area contributed by atoms with Gasteiger partial charge in [0.2, 0.25) is 5.91 Å². The van der Waals surface area contributed by atoms with Crippen LogP contribution in [-0.2, 0) is 4.79 Å². The van der Waals surface area contributed by atoms with E-state index in [1.54, 1.807) is 5.48 Å². The van der Waals surface area contributed by atoms with Crippen LogP contribution in [0.25, 0.3) is 0 Å². The number of hydroxylamine groups is 1. The molecule has 0 bridgehead atoms. The summed E-state index contributed by atoms with van der Waals surface area (Å²) in [6, 6.07) is 6.19. The first-order valence-corrected chi connectivity index (χ1v) is 8.36. The first-order chi connectivity index (χ1) is 10.8. The minimum atomic E-state index is -0.283. The quantitative estimate of drug-likeness (QED) is 0.440. The fourth-order valence-electron chi connectivity index (χ4n) is 3.15. The number of hydrogen-bond donors (Lipinski definition) is 2. The number of nitrogens with one attached hydrogen (secondary N) is 1. The highest BCUT2D eigenvalue weighted by atomic mass is 16.5. The summed E-state index contributed by atoms with van der Waals surface area (Å²) in [5.74, 6) is 0.289. The van der Waals surface area contributed by atoms with Crippen molar-refractivity contribution < 1.29 is 10.0 Å². The van der Waals surface area contributed by atoms with Crippen molar-refractivity contribution in [3.8, 4) is 0 Å². The van der Waals surface area contributed by atoms with Crippen molar-refractivity contribution in [1.82, 2.24) is 15.4 Å². The van der Waals surface area contributed by atoms with Crippen LogP contribution in [0.3, 0.4) is 0 Å². The van der Waals surface area contributed by atoms with Crippen molar-refractivity contribution in [2.24, 2.45) is 0 Å². The van der Waals surface area contributed by atoms with E-state index in [0.717, 1.165) is 32.4 Å². The summed E-state index contributed by atoms with van der Waals surface area (Å²) >= 11 is 0. The van der Waals surface area contributed by atoms with Crippen LogP contribution in [0.5, 0.6) is 0 Å². The molecule has 1 aliphatic heterocycles. The van der Waals surface area contributed by atoms with Crippen molar-refractivity contribution in [1.29, 1.82) is 0 Å². The monoisotopic (exact) mass is 305 g/mol. The lowest BCUT2D eigenvalue weighted by molar-refractivity contribution is -0.129. The van der Waals surface area contributed by atoms with Crippen molar-refractivity contribution in [3.63, 3.8) is 0 Å². The van der Waals surface area contributed by atoms with Gasteiger partial charge in [-0.05, 0) is 50.9 Å². The average Bonchev–Trinajstić information content (AvgIpc) is 2.58. The van der Waals surface area contributed by atoms with Gasteiger partial charge in [-0.3, -0.25) is 15.0 Å². The Morgan fingerprint density at radius 1 is 1.32 bits per heavy atom. The summed E-state index contributed by atoms with van der Waals surface area (Å²) in [6.45, 7) is 3.44. The van der Waals surface area contributed by atoms with Crippen LogP contribution in [0, 0.1) is 0 Å². The van der Waals surface area contributed by atoms with E-state index in [1.165, 1.54) is 31.5 Å². The van der Waals surface area contributed by atoms with Gasteiger partial charge in [0.15, 0.2) is 0 Å². The molecule has 1 aromatic rings. The maximum atomic E-state index is 10.9. The van der Waals surface area contributed by atoms with Gasteiger partial charge in [-0.2, -0.15) is 0 Å². The SMILES string of the molecule is O=C(CCCCCCN1CCCC(c2ccccn2)C1)NO. The van der Waals surface area contributed by atoms with Crippen molar-refractivity contribution in [2.45, 2.75) is 50.9 Å². The third-order valence-corrected chi connectivity index (χ3v) is 4.36. The fraction of sp³-hybridized carbons (Fsp3) is 0.647. The molecule has 1 amide bonds. The zero-order valence-electron chi connectivity index (χ0n) is 13.2. The molecule has 1 aromatic heterocycles. The van der Waals surface area contributed by atoms with Crippen LogP contribution < -0.4 is 5.48 Å². The van der Waals surface area contributed by atoms with E-state index in [4.69, 9.17) is 5.21 Å². The molecule has 5 heteroatoms. The predicted molar refractivity (Wildman–Crippen MR) is 85.7 cm³/mol. The van der Waals surface area contributed by atoms with E-state index in [9.17, 15) is 4.79 Å². The molecule has 2 rings (SSSR count). The number of pyridine rings is 1. The number of hydrogen-bond acceptors (Lipinski definition) is 4. The fourth-order valence-corrected chi connectivity index (χ4v) is 3.15. The molecule has 122 valence electrons. The molecule has 5 nitrogen and oxygen atoms in total. The van der Waals surface area contributed by atoms with Crippen LogP contribution in [0.4, 0.5) is 0 Å². The van der Waals surface area contributed by atoms with E-state index in [2.05, 4.69) is 22.0 Å². The Morgan fingerprint density at radius 2 is 2.18 bits per heavy atom. The lowest BCUT2D eigenvalue weighted by Crippen LogP contribution is -2.35. The predicted octanol–water partition coefficient (Wildman–Crippen LogP) is 2.72. The molecule has 0 aliphatic carbocycles. The summed E-state index contributed by atoms with van der Waals surface area (Å²) in [5, 5.41) is 8.42. The average molecular weight is 305 g/mol. The Hall–Kier alpha value is -1.46. The second-order valence-corrected chi connectivity index (χ2v) is 6.09. The molecule has 1 unspecified atom stereocenters. The van der Waals surface area contributed by atoms with Crippen LogP contribution in [0.1, 0.15) is 56.6 Å². The molecule has 0 radical (unpaired) electrons. The Bertz CT molecular complexity index is 439. The molecule has 1 aliphatic rings. The largest absolute Gasteiger partial charge is 0.303 e. The standard InChI is InChI=1S/C17H27N3O2/c21-17(19-22)10-3-1-2-6-12-20-13-7-8-15(14-20)16-9-4-5-11-18-16/h4-5,9,11,15,22H,1-3,6-8,10,12-14H2,(H,19,21). The van der Waals surface area contributed by atoms with E-state index in [1.807, 2.05) is 12.3 Å². The first kappa shape index (κ1) is 16.9. The Kier molecular flexibility index (Phi) is 7.33. The van der Waals surface area contributed by atoms with E-state index in [-0.39, 0.29) is 5.91 Å². The van der Waals surface area contributed by atoms with E-state index in [0.29, 0.717) is 12.3 Å². The zero-order chi connectivity index (χ0) is 15.6. The number of amides is 1. The van der Waals surface area contributed by atoms with E-state index < -0.39 is 0 Å². The molecule has 1 saturated heterocycles. The van der Waals surface area contributed by atoms with Gasteiger partial charge in [0.1, 0.15) is 0 Å². The molecule has 0 aromatic carbocycles. The lowest BCUT2D eigenvalue weighted by Gasteiger charge is -2.32. The topological polar surface area (TPSA) is 65.5 Å². The Balaban J connectivity index is 1.61. The smallest absolute Gasteiger partial charge is 0.243 e. The minimum Gasteiger partial charge on any atom is -0.303 e. The number of carbonyl (C=O) groups is 1. The molecule has 1 fully saturated rings. The number of aromatic nitrogens is 1. The highest BCUT2D eigenvalue weighted by molar-refractivity contribution is 5.74. The van der Waals surface area contributed by atoms with Gasteiger partial charge in [-0.15, -0.1) is 0 Å². The third-order valence-electron chi connectivity index (χ3n) is 4.36. The second kappa shape index (κ2) is 9.54. The number of rotatable bonds is 8. The van der Waals surface area contributed by atoms with Gasteiger partial charge in [0.25, 0.3) is 0 Å². The molecule has 1 atom stereocenters. The van der Waals surface area contributed by atoms with Gasteiger partial charge in [-0.25, -0.2) is 5.48 Å². The van der Waals surface area contributed by atoms with E-state index >= 15 is 0 Å². The van der Waals surface area contributed by atoms with Crippen molar-refractivity contribution in [2.75, 3.05) is 19.6 Å². The van der Waals surface area contributed by atoms with Gasteiger partial charge < -0.3 is 4.90 Å². The molecule has 0 saturated carbocycles. The van der Waals surface area contributed by atoms with Gasteiger partial charge >= 0.3 is 0 Å². The van der Waals surface area contributed by atoms with Gasteiger partial charge in [-0.1, -0.05) is 18.9 Å². The number of unbranched alkanes of at least 4 members (excludes halogenated alkanes) is 3. The molecular formula is C17H27N3O2. The maximum Gasteiger partial charge on any atom is 0.243 e. The van der Waals surface area contributed by atoms with Gasteiger partial charge in [0.05, 0.1) is 0 Å². The molecule has 22 heavy (non-hydrogen) atoms. The van der Waals surface area contributed by atoms with Crippen molar-refractivity contribution >= 4 is 5.91 Å². The Labute approximate surface area is 132 Å². The zero-order valence-corrected chi connectivity index (χ0v) is 13.2. The van der Waals surface area contributed by atoms with Crippen LogP contribution in [-0.4, -0.2) is 40.6 Å². The number of piperidine rings is 1. The molecule has 0 spiro atoms. The van der Waals surface area contributed by atoms with Crippen LogP contribution >= 0.6 is 0 Å².